The lowest BCUT2D eigenvalue weighted by Gasteiger charge is -2.27. The molecule has 3 aromatic heterocycles. The van der Waals surface area contributed by atoms with Crippen LogP contribution < -0.4 is 4.90 Å². The molecule has 0 unspecified atom stereocenters. The van der Waals surface area contributed by atoms with Gasteiger partial charge in [-0.05, 0) is 71.3 Å². The van der Waals surface area contributed by atoms with Crippen molar-refractivity contribution in [2.24, 2.45) is 0 Å². The second kappa shape index (κ2) is 11.5. The van der Waals surface area contributed by atoms with Gasteiger partial charge in [0.15, 0.2) is 0 Å². The highest BCUT2D eigenvalue weighted by Gasteiger charge is 2.21. The van der Waals surface area contributed by atoms with Gasteiger partial charge in [0, 0.05) is 53.3 Å². The fourth-order valence-corrected chi connectivity index (χ4v) is 9.18. The van der Waals surface area contributed by atoms with Crippen LogP contribution >= 0.6 is 11.3 Å². The van der Waals surface area contributed by atoms with E-state index in [1.807, 2.05) is 35.6 Å². The summed E-state index contributed by atoms with van der Waals surface area (Å²) in [6, 6.07) is 62.5. The molecule has 244 valence electrons. The van der Waals surface area contributed by atoms with E-state index in [1.54, 1.807) is 0 Å². The summed E-state index contributed by atoms with van der Waals surface area (Å²) in [5.41, 5.74) is 11.2. The van der Waals surface area contributed by atoms with Crippen molar-refractivity contribution in [2.45, 2.75) is 0 Å². The molecule has 8 aromatic carbocycles. The maximum absolute atomic E-state index is 6.50. The topological polar surface area (TPSA) is 29.5 Å². The van der Waals surface area contributed by atoms with Gasteiger partial charge >= 0.3 is 0 Å². The van der Waals surface area contributed by atoms with Gasteiger partial charge < -0.3 is 13.7 Å². The average molecular weight is 684 g/mol. The molecule has 0 spiro atoms. The van der Waals surface area contributed by atoms with Crippen molar-refractivity contribution in [3.63, 3.8) is 0 Å². The van der Waals surface area contributed by atoms with Gasteiger partial charge in [0.1, 0.15) is 22.3 Å². The van der Waals surface area contributed by atoms with Gasteiger partial charge in [0.25, 0.3) is 0 Å². The fourth-order valence-electron chi connectivity index (χ4n) is 7.94. The third kappa shape index (κ3) is 4.45. The molecule has 3 heterocycles. The normalized spacial score (nSPS) is 11.8. The Kier molecular flexibility index (Phi) is 6.42. The Hall–Kier alpha value is -6.62. The predicted molar refractivity (Wildman–Crippen MR) is 219 cm³/mol. The molecule has 0 aliphatic heterocycles. The summed E-state index contributed by atoms with van der Waals surface area (Å²) in [7, 11) is 0. The van der Waals surface area contributed by atoms with E-state index in [2.05, 4.69) is 157 Å². The van der Waals surface area contributed by atoms with Gasteiger partial charge in [0.05, 0.1) is 11.1 Å². The number of benzene rings is 8. The Balaban J connectivity index is 1.14. The monoisotopic (exact) mass is 683 g/mol. The Labute approximate surface area is 303 Å². The predicted octanol–water partition coefficient (Wildman–Crippen LogP) is 14.7. The molecule has 0 radical (unpaired) electrons. The molecule has 3 nitrogen and oxygen atoms in total. The van der Waals surface area contributed by atoms with Crippen molar-refractivity contribution in [3.8, 4) is 22.3 Å². The van der Waals surface area contributed by atoms with Crippen LogP contribution in [0.2, 0.25) is 0 Å². The first kappa shape index (κ1) is 29.1. The van der Waals surface area contributed by atoms with E-state index in [0.717, 1.165) is 72.1 Å². The number of fused-ring (bicyclic) bond motifs is 9. The first-order valence-electron chi connectivity index (χ1n) is 17.5. The molecule has 0 bridgehead atoms. The lowest BCUT2D eigenvalue weighted by atomic mass is 10.00. The maximum Gasteiger partial charge on any atom is 0.143 e. The van der Waals surface area contributed by atoms with Crippen LogP contribution in [0.1, 0.15) is 0 Å². The molecule has 52 heavy (non-hydrogen) atoms. The Bertz CT molecular complexity index is 3010. The second-order valence-electron chi connectivity index (χ2n) is 13.2. The maximum atomic E-state index is 6.50. The van der Waals surface area contributed by atoms with E-state index in [0.29, 0.717) is 0 Å². The van der Waals surface area contributed by atoms with Crippen LogP contribution in [0.5, 0.6) is 0 Å². The van der Waals surface area contributed by atoms with Crippen LogP contribution in [0.15, 0.2) is 185 Å². The summed E-state index contributed by atoms with van der Waals surface area (Å²) in [4.78, 5) is 2.38. The van der Waals surface area contributed by atoms with E-state index < -0.39 is 0 Å². The van der Waals surface area contributed by atoms with Crippen molar-refractivity contribution < 1.29 is 8.83 Å². The number of anilines is 3. The number of furan rings is 2. The number of rotatable bonds is 5. The van der Waals surface area contributed by atoms with Crippen molar-refractivity contribution in [3.05, 3.63) is 176 Å². The third-order valence-corrected chi connectivity index (χ3v) is 11.5. The van der Waals surface area contributed by atoms with E-state index >= 15 is 0 Å². The van der Waals surface area contributed by atoms with Crippen LogP contribution in [0.3, 0.4) is 0 Å². The Morgan fingerprint density at radius 1 is 0.404 bits per heavy atom. The molecule has 0 saturated heterocycles. The van der Waals surface area contributed by atoms with Gasteiger partial charge in [-0.2, -0.15) is 0 Å². The molecule has 0 atom stereocenters. The first-order chi connectivity index (χ1) is 25.8. The lowest BCUT2D eigenvalue weighted by Crippen LogP contribution is -2.10. The fraction of sp³-hybridized carbons (Fsp3) is 0. The number of thiophene rings is 1. The molecule has 0 amide bonds. The lowest BCUT2D eigenvalue weighted by molar-refractivity contribution is 0.669. The SMILES string of the molecule is c1cc(-c2cccc3c2oc2ccccc23)cc(N(c2cccc(-c3cccc4c3sc3ccccc34)c2)c2cccc3oc4ccccc4c23)c1. The molecular weight excluding hydrogens is 655 g/mol. The molecule has 0 aliphatic carbocycles. The summed E-state index contributed by atoms with van der Waals surface area (Å²) in [5.74, 6) is 0. The third-order valence-electron chi connectivity index (χ3n) is 10.3. The molecule has 4 heteroatoms. The van der Waals surface area contributed by atoms with Crippen molar-refractivity contribution in [1.82, 2.24) is 0 Å². The minimum Gasteiger partial charge on any atom is -0.456 e. The van der Waals surface area contributed by atoms with Crippen LogP contribution in [-0.4, -0.2) is 0 Å². The molecular formula is C48H29NO2S. The molecule has 11 aromatic rings. The van der Waals surface area contributed by atoms with Crippen LogP contribution in [0.25, 0.3) is 86.3 Å². The average Bonchev–Trinajstić information content (AvgIpc) is 3.90. The van der Waals surface area contributed by atoms with Crippen LogP contribution in [0, 0.1) is 0 Å². The van der Waals surface area contributed by atoms with E-state index in [1.165, 1.54) is 31.3 Å². The highest BCUT2D eigenvalue weighted by atomic mass is 32.1. The summed E-state index contributed by atoms with van der Waals surface area (Å²) < 4.78 is 15.5. The molecule has 0 N–H and O–H groups in total. The number of para-hydroxylation sites is 3. The smallest absolute Gasteiger partial charge is 0.143 e. The van der Waals surface area contributed by atoms with E-state index in [4.69, 9.17) is 8.83 Å². The van der Waals surface area contributed by atoms with Crippen LogP contribution in [0.4, 0.5) is 17.1 Å². The zero-order chi connectivity index (χ0) is 34.2. The number of hydrogen-bond acceptors (Lipinski definition) is 4. The number of nitrogens with zero attached hydrogens (tertiary/aromatic N) is 1. The van der Waals surface area contributed by atoms with Crippen molar-refractivity contribution in [1.29, 1.82) is 0 Å². The standard InChI is InChI=1S/C48H29NO2S/c1-4-24-42-36(16-1)38-21-9-19-34(47(38)51-42)30-12-7-14-32(28-30)49(41-23-11-26-44-46(41)40-18-2-5-25-43(40)50-44)33-15-8-13-31(29-33)35-20-10-22-39-37-17-3-6-27-45(37)52-48(35)39/h1-29H. The summed E-state index contributed by atoms with van der Waals surface area (Å²) >= 11 is 1.86. The zero-order valence-corrected chi connectivity index (χ0v) is 28.7. The molecule has 0 fully saturated rings. The number of hydrogen-bond donors (Lipinski definition) is 0. The van der Waals surface area contributed by atoms with Crippen molar-refractivity contribution in [2.75, 3.05) is 4.90 Å². The molecule has 11 rings (SSSR count). The van der Waals surface area contributed by atoms with E-state index in [-0.39, 0.29) is 0 Å². The van der Waals surface area contributed by atoms with Crippen molar-refractivity contribution >= 4 is 92.4 Å². The molecule has 0 aliphatic rings. The highest BCUT2D eigenvalue weighted by Crippen LogP contribution is 2.46. The second-order valence-corrected chi connectivity index (χ2v) is 14.3. The van der Waals surface area contributed by atoms with Gasteiger partial charge in [-0.1, -0.05) is 121 Å². The van der Waals surface area contributed by atoms with Gasteiger partial charge in [0.2, 0.25) is 0 Å². The highest BCUT2D eigenvalue weighted by molar-refractivity contribution is 7.26. The minimum absolute atomic E-state index is 0.859. The van der Waals surface area contributed by atoms with E-state index in [9.17, 15) is 0 Å². The molecule has 0 saturated carbocycles. The van der Waals surface area contributed by atoms with Gasteiger partial charge in [-0.15, -0.1) is 11.3 Å². The zero-order valence-electron chi connectivity index (χ0n) is 27.9. The first-order valence-corrected chi connectivity index (χ1v) is 18.3. The summed E-state index contributed by atoms with van der Waals surface area (Å²) in [5, 5.41) is 7.01. The van der Waals surface area contributed by atoms with Gasteiger partial charge in [-0.25, -0.2) is 0 Å². The summed E-state index contributed by atoms with van der Waals surface area (Å²) in [6.07, 6.45) is 0. The minimum atomic E-state index is 0.859. The summed E-state index contributed by atoms with van der Waals surface area (Å²) in [6.45, 7) is 0. The van der Waals surface area contributed by atoms with Gasteiger partial charge in [-0.3, -0.25) is 0 Å². The quantitative estimate of drug-likeness (QED) is 0.181. The largest absolute Gasteiger partial charge is 0.456 e. The Morgan fingerprint density at radius 3 is 1.79 bits per heavy atom. The van der Waals surface area contributed by atoms with Crippen LogP contribution in [-0.2, 0) is 0 Å². The Morgan fingerprint density at radius 2 is 0.981 bits per heavy atom.